The number of hydrogen-bond acceptors (Lipinski definition) is 0. The minimum Gasteiger partial charge on any atom is -0.0654 e. The fourth-order valence-electron chi connectivity index (χ4n) is 3.39. The highest BCUT2D eigenvalue weighted by molar-refractivity contribution is 5.27. The maximum Gasteiger partial charge on any atom is -0.0162 e. The van der Waals surface area contributed by atoms with E-state index in [0.717, 1.165) is 11.8 Å². The largest absolute Gasteiger partial charge is 0.0654 e. The quantitative estimate of drug-likeness (QED) is 0.428. The van der Waals surface area contributed by atoms with Gasteiger partial charge in [0.05, 0.1) is 0 Å². The zero-order valence-corrected chi connectivity index (χ0v) is 14.1. The van der Waals surface area contributed by atoms with Crippen LogP contribution in [0.3, 0.4) is 0 Å². The molecule has 0 aliphatic carbocycles. The molecule has 0 radical (unpaired) electrons. The molecule has 0 bridgehead atoms. The van der Waals surface area contributed by atoms with Crippen LogP contribution in [0.25, 0.3) is 0 Å². The summed E-state index contributed by atoms with van der Waals surface area (Å²) < 4.78 is 0. The Morgan fingerprint density at radius 1 is 0.550 bits per heavy atom. The predicted octanol–water partition coefficient (Wildman–Crippen LogP) is 7.05. The van der Waals surface area contributed by atoms with E-state index in [-0.39, 0.29) is 0 Å². The maximum atomic E-state index is 2.41. The SMILES string of the molecule is CCCC(CCC)c1ccc(C(CCC)CCC)cc1. The number of benzene rings is 1. The van der Waals surface area contributed by atoms with Gasteiger partial charge in [-0.2, -0.15) is 0 Å². The molecule has 0 atom stereocenters. The van der Waals surface area contributed by atoms with Gasteiger partial charge in [-0.15, -0.1) is 0 Å². The van der Waals surface area contributed by atoms with Gasteiger partial charge in [0, 0.05) is 0 Å². The molecule has 0 spiro atoms. The Bertz CT molecular complexity index is 289. The third kappa shape index (κ3) is 5.31. The molecule has 0 aliphatic rings. The van der Waals surface area contributed by atoms with E-state index >= 15 is 0 Å². The Hall–Kier alpha value is -0.780. The number of hydrogen-bond donors (Lipinski definition) is 0. The predicted molar refractivity (Wildman–Crippen MR) is 91.6 cm³/mol. The molecule has 0 unspecified atom stereocenters. The average molecular weight is 274 g/mol. The van der Waals surface area contributed by atoms with E-state index in [0.29, 0.717) is 0 Å². The summed E-state index contributed by atoms with van der Waals surface area (Å²) in [5.74, 6) is 1.55. The van der Waals surface area contributed by atoms with Gasteiger partial charge in [-0.1, -0.05) is 77.6 Å². The molecule has 0 saturated heterocycles. The van der Waals surface area contributed by atoms with Crippen LogP contribution in [0.4, 0.5) is 0 Å². The van der Waals surface area contributed by atoms with Gasteiger partial charge in [-0.25, -0.2) is 0 Å². The van der Waals surface area contributed by atoms with E-state index in [9.17, 15) is 0 Å². The van der Waals surface area contributed by atoms with Crippen molar-refractivity contribution in [3.05, 3.63) is 35.4 Å². The van der Waals surface area contributed by atoms with Crippen molar-refractivity contribution in [2.24, 2.45) is 0 Å². The average Bonchev–Trinajstić information content (AvgIpc) is 2.47. The Morgan fingerprint density at radius 3 is 1.00 bits per heavy atom. The standard InChI is InChI=1S/C20H34/c1-5-9-17(10-6-2)19-13-15-20(16-14-19)18(11-7-3)12-8-4/h13-18H,5-12H2,1-4H3. The lowest BCUT2D eigenvalue weighted by molar-refractivity contribution is 0.553. The zero-order valence-electron chi connectivity index (χ0n) is 14.1. The highest BCUT2D eigenvalue weighted by atomic mass is 14.2. The first kappa shape index (κ1) is 17.3. The van der Waals surface area contributed by atoms with Gasteiger partial charge >= 0.3 is 0 Å². The highest BCUT2D eigenvalue weighted by Crippen LogP contribution is 2.30. The van der Waals surface area contributed by atoms with Gasteiger partial charge in [-0.05, 0) is 48.6 Å². The van der Waals surface area contributed by atoms with Crippen molar-refractivity contribution >= 4 is 0 Å². The molecule has 0 nitrogen and oxygen atoms in total. The fourth-order valence-corrected chi connectivity index (χ4v) is 3.39. The molecular formula is C20H34. The molecule has 1 aromatic rings. The number of rotatable bonds is 10. The van der Waals surface area contributed by atoms with Crippen LogP contribution in [0.5, 0.6) is 0 Å². The van der Waals surface area contributed by atoms with Crippen molar-refractivity contribution in [1.29, 1.82) is 0 Å². The molecule has 1 aromatic carbocycles. The monoisotopic (exact) mass is 274 g/mol. The van der Waals surface area contributed by atoms with Gasteiger partial charge in [0.25, 0.3) is 0 Å². The minimum absolute atomic E-state index is 0.773. The molecule has 0 aromatic heterocycles. The lowest BCUT2D eigenvalue weighted by atomic mass is 9.86. The van der Waals surface area contributed by atoms with E-state index < -0.39 is 0 Å². The maximum absolute atomic E-state index is 2.41. The first-order valence-electron chi connectivity index (χ1n) is 8.86. The van der Waals surface area contributed by atoms with Crippen molar-refractivity contribution < 1.29 is 0 Å². The van der Waals surface area contributed by atoms with Crippen LogP contribution in [0.1, 0.15) is 102 Å². The summed E-state index contributed by atoms with van der Waals surface area (Å²) in [6.07, 6.45) is 10.5. The van der Waals surface area contributed by atoms with Gasteiger partial charge in [-0.3, -0.25) is 0 Å². The van der Waals surface area contributed by atoms with E-state index in [1.807, 2.05) is 0 Å². The smallest absolute Gasteiger partial charge is 0.0162 e. The normalized spacial score (nSPS) is 11.5. The van der Waals surface area contributed by atoms with Crippen LogP contribution in [-0.4, -0.2) is 0 Å². The van der Waals surface area contributed by atoms with E-state index in [4.69, 9.17) is 0 Å². The van der Waals surface area contributed by atoms with Gasteiger partial charge in [0.2, 0.25) is 0 Å². The Kier molecular flexibility index (Phi) is 8.65. The molecule has 0 aliphatic heterocycles. The molecule has 0 saturated carbocycles. The second-order valence-electron chi connectivity index (χ2n) is 6.22. The van der Waals surface area contributed by atoms with Crippen molar-refractivity contribution in [2.75, 3.05) is 0 Å². The van der Waals surface area contributed by atoms with Crippen LogP contribution in [0.15, 0.2) is 24.3 Å². The minimum atomic E-state index is 0.773. The van der Waals surface area contributed by atoms with E-state index in [2.05, 4.69) is 52.0 Å². The lowest BCUT2D eigenvalue weighted by Gasteiger charge is -2.19. The zero-order chi connectivity index (χ0) is 14.8. The summed E-state index contributed by atoms with van der Waals surface area (Å²) in [5.41, 5.74) is 3.12. The Labute approximate surface area is 127 Å². The summed E-state index contributed by atoms with van der Waals surface area (Å²) >= 11 is 0. The summed E-state index contributed by atoms with van der Waals surface area (Å²) in [5, 5.41) is 0. The molecule has 0 fully saturated rings. The van der Waals surface area contributed by atoms with Crippen LogP contribution >= 0.6 is 0 Å². The van der Waals surface area contributed by atoms with Crippen LogP contribution in [-0.2, 0) is 0 Å². The molecular weight excluding hydrogens is 240 g/mol. The van der Waals surface area contributed by atoms with E-state index in [1.54, 1.807) is 11.1 Å². The van der Waals surface area contributed by atoms with Crippen molar-refractivity contribution in [1.82, 2.24) is 0 Å². The van der Waals surface area contributed by atoms with Crippen molar-refractivity contribution in [3.63, 3.8) is 0 Å². The van der Waals surface area contributed by atoms with Crippen LogP contribution < -0.4 is 0 Å². The summed E-state index contributed by atoms with van der Waals surface area (Å²) in [6, 6.07) is 9.63. The fraction of sp³-hybridized carbons (Fsp3) is 0.700. The first-order chi connectivity index (χ1) is 9.76. The Balaban J connectivity index is 2.79. The summed E-state index contributed by atoms with van der Waals surface area (Å²) in [7, 11) is 0. The molecule has 0 heteroatoms. The highest BCUT2D eigenvalue weighted by Gasteiger charge is 2.12. The molecule has 0 amide bonds. The third-order valence-corrected chi connectivity index (χ3v) is 4.43. The topological polar surface area (TPSA) is 0 Å². The van der Waals surface area contributed by atoms with Gasteiger partial charge < -0.3 is 0 Å². The van der Waals surface area contributed by atoms with Crippen LogP contribution in [0, 0.1) is 0 Å². The van der Waals surface area contributed by atoms with Crippen molar-refractivity contribution in [2.45, 2.75) is 90.9 Å². The lowest BCUT2D eigenvalue weighted by Crippen LogP contribution is -2.01. The molecule has 20 heavy (non-hydrogen) atoms. The summed E-state index contributed by atoms with van der Waals surface area (Å²) in [6.45, 7) is 9.20. The molecule has 114 valence electrons. The molecule has 1 rings (SSSR count). The van der Waals surface area contributed by atoms with Gasteiger partial charge in [0.15, 0.2) is 0 Å². The molecule has 0 heterocycles. The second kappa shape index (κ2) is 10.0. The van der Waals surface area contributed by atoms with Gasteiger partial charge in [0.1, 0.15) is 0 Å². The van der Waals surface area contributed by atoms with Crippen molar-refractivity contribution in [3.8, 4) is 0 Å². The molecule has 0 N–H and O–H groups in total. The Morgan fingerprint density at radius 2 is 0.800 bits per heavy atom. The third-order valence-electron chi connectivity index (χ3n) is 4.43. The van der Waals surface area contributed by atoms with Crippen LogP contribution in [0.2, 0.25) is 0 Å². The summed E-state index contributed by atoms with van der Waals surface area (Å²) in [4.78, 5) is 0. The second-order valence-corrected chi connectivity index (χ2v) is 6.22. The van der Waals surface area contributed by atoms with E-state index in [1.165, 1.54) is 51.4 Å². The first-order valence-corrected chi connectivity index (χ1v) is 8.86.